The number of nitriles is 1. The van der Waals surface area contributed by atoms with Gasteiger partial charge in [-0.1, -0.05) is 34.2 Å². The van der Waals surface area contributed by atoms with Gasteiger partial charge in [0.05, 0.1) is 21.7 Å². The highest BCUT2D eigenvalue weighted by molar-refractivity contribution is 14.1. The molecule has 1 aliphatic rings. The lowest BCUT2D eigenvalue weighted by Gasteiger charge is -2.36. The Labute approximate surface area is 219 Å². The van der Waals surface area contributed by atoms with Gasteiger partial charge in [0.25, 0.3) is 5.91 Å². The summed E-state index contributed by atoms with van der Waals surface area (Å²) in [6.45, 7) is 1.10. The van der Waals surface area contributed by atoms with Gasteiger partial charge in [-0.25, -0.2) is 8.42 Å². The molecule has 1 atom stereocenters. The fourth-order valence-corrected chi connectivity index (χ4v) is 5.04. The molecule has 1 saturated heterocycles. The average Bonchev–Trinajstić information content (AvgIpc) is 2.80. The maximum absolute atomic E-state index is 13.3. The van der Waals surface area contributed by atoms with E-state index in [0.717, 1.165) is 24.5 Å². The summed E-state index contributed by atoms with van der Waals surface area (Å²) in [4.78, 5) is 16.4. The molecule has 0 N–H and O–H groups in total. The third kappa shape index (κ3) is 6.50. The molecule has 0 aliphatic carbocycles. The van der Waals surface area contributed by atoms with Crippen molar-refractivity contribution in [3.8, 4) is 11.8 Å². The van der Waals surface area contributed by atoms with Crippen LogP contribution in [-0.4, -0.2) is 68.4 Å². The van der Waals surface area contributed by atoms with E-state index in [1.165, 1.54) is 27.5 Å². The fraction of sp³-hybridized carbons (Fsp3) is 0.364. The number of ether oxygens (including phenoxy) is 1. The van der Waals surface area contributed by atoms with E-state index in [2.05, 4.69) is 6.07 Å². The highest BCUT2D eigenvalue weighted by Gasteiger charge is 2.41. The molecule has 1 fully saturated rings. The number of alkyl halides is 4. The minimum Gasteiger partial charge on any atom is -0.479 e. The van der Waals surface area contributed by atoms with Crippen LogP contribution >= 0.6 is 34.2 Å². The summed E-state index contributed by atoms with van der Waals surface area (Å²) in [6, 6.07) is 10.2. The Balaban J connectivity index is 1.87. The number of amides is 1. The Bertz CT molecular complexity index is 1260. The van der Waals surface area contributed by atoms with Crippen LogP contribution in [0.5, 0.6) is 5.75 Å². The Hall–Kier alpha value is -2.24. The number of benzene rings is 2. The number of anilines is 1. The molecule has 35 heavy (non-hydrogen) atoms. The number of carbonyl (C=O) groups is 1. The lowest BCUT2D eigenvalue weighted by molar-refractivity contribution is -0.186. The predicted octanol–water partition coefficient (Wildman–Crippen LogP) is 4.32. The highest BCUT2D eigenvalue weighted by atomic mass is 127. The molecule has 1 aliphatic heterocycles. The van der Waals surface area contributed by atoms with Gasteiger partial charge in [0.1, 0.15) is 11.8 Å². The van der Waals surface area contributed by atoms with Crippen LogP contribution < -0.4 is 9.64 Å². The van der Waals surface area contributed by atoms with Gasteiger partial charge in [-0.2, -0.15) is 18.4 Å². The fourth-order valence-electron chi connectivity index (χ4n) is 3.54. The second-order valence-electron chi connectivity index (χ2n) is 7.79. The van der Waals surface area contributed by atoms with Crippen LogP contribution in [0.25, 0.3) is 0 Å². The number of carbonyl (C=O) groups excluding carboxylic acids is 1. The monoisotopic (exact) mass is 641 g/mol. The normalized spacial score (nSPS) is 15.5. The van der Waals surface area contributed by atoms with Crippen LogP contribution in [-0.2, 0) is 9.84 Å². The maximum Gasteiger partial charge on any atom is 0.426 e. The molecule has 0 aromatic heterocycles. The Kier molecular flexibility index (Phi) is 8.44. The minimum absolute atomic E-state index is 0.198. The summed E-state index contributed by atoms with van der Waals surface area (Å²) >= 11 is 7.49. The van der Waals surface area contributed by atoms with Crippen molar-refractivity contribution in [3.63, 3.8) is 0 Å². The summed E-state index contributed by atoms with van der Waals surface area (Å²) in [5.41, 5.74) is 0.776. The highest BCUT2D eigenvalue weighted by Crippen LogP contribution is 2.31. The van der Waals surface area contributed by atoms with Crippen molar-refractivity contribution in [3.05, 3.63) is 52.5 Å². The van der Waals surface area contributed by atoms with Crippen LogP contribution in [0.2, 0.25) is 5.02 Å². The molecule has 188 valence electrons. The van der Waals surface area contributed by atoms with E-state index >= 15 is 0 Å². The van der Waals surface area contributed by atoms with Crippen LogP contribution in [0.4, 0.5) is 18.9 Å². The van der Waals surface area contributed by atoms with Crippen LogP contribution in [0.15, 0.2) is 41.3 Å². The maximum atomic E-state index is 13.3. The van der Waals surface area contributed by atoms with Gasteiger partial charge in [0.2, 0.25) is 6.10 Å². The zero-order valence-electron chi connectivity index (χ0n) is 18.3. The third-order valence-corrected chi connectivity index (χ3v) is 7.52. The standard InChI is InChI=1S/C22H20ClF3IN3O4S/c1-35(32,33)16-3-5-19(34-20(12-27)22(24,25)26)17(11-16)21(31)30-8-6-29(7-9-30)18-4-2-15(23)10-14(18)13-28/h2-5,10-11,20H,6-9,12H2,1H3. The molecule has 3 rings (SSSR count). The first-order valence-corrected chi connectivity index (χ1v) is 14.0. The summed E-state index contributed by atoms with van der Waals surface area (Å²) in [7, 11) is -3.72. The molecule has 1 unspecified atom stereocenters. The predicted molar refractivity (Wildman–Crippen MR) is 133 cm³/mol. The summed E-state index contributed by atoms with van der Waals surface area (Å²) in [6.07, 6.45) is -5.89. The SMILES string of the molecule is CS(=O)(=O)c1ccc(OC(CI)C(F)(F)F)c(C(=O)N2CCN(c3ccc(Cl)cc3C#N)CC2)c1. The smallest absolute Gasteiger partial charge is 0.426 e. The van der Waals surface area contributed by atoms with E-state index in [1.807, 2.05) is 4.90 Å². The van der Waals surface area contributed by atoms with Gasteiger partial charge in [-0.15, -0.1) is 0 Å². The first-order chi connectivity index (χ1) is 16.3. The molecule has 2 aromatic carbocycles. The Morgan fingerprint density at radius 3 is 2.40 bits per heavy atom. The van der Waals surface area contributed by atoms with Gasteiger partial charge in [-0.05, 0) is 36.4 Å². The van der Waals surface area contributed by atoms with Crippen LogP contribution in [0, 0.1) is 11.3 Å². The Morgan fingerprint density at radius 2 is 1.86 bits per heavy atom. The first kappa shape index (κ1) is 27.3. The zero-order chi connectivity index (χ0) is 26.0. The van der Waals surface area contributed by atoms with Crippen molar-refractivity contribution >= 4 is 55.6 Å². The number of piperazine rings is 1. The van der Waals surface area contributed by atoms with Crippen LogP contribution in [0.1, 0.15) is 15.9 Å². The van der Waals surface area contributed by atoms with E-state index in [0.29, 0.717) is 29.4 Å². The van der Waals surface area contributed by atoms with E-state index in [-0.39, 0.29) is 29.3 Å². The molecule has 0 radical (unpaired) electrons. The largest absolute Gasteiger partial charge is 0.479 e. The molecule has 0 spiro atoms. The van der Waals surface area contributed by atoms with E-state index in [4.69, 9.17) is 16.3 Å². The topological polar surface area (TPSA) is 90.7 Å². The molecular weight excluding hydrogens is 622 g/mol. The van der Waals surface area contributed by atoms with Crippen molar-refractivity contribution in [1.82, 2.24) is 4.90 Å². The molecule has 1 heterocycles. The number of nitrogens with zero attached hydrogens (tertiary/aromatic N) is 3. The molecule has 0 bridgehead atoms. The van der Waals surface area contributed by atoms with Crippen molar-refractivity contribution in [2.45, 2.75) is 17.2 Å². The number of rotatable bonds is 6. The first-order valence-electron chi connectivity index (χ1n) is 10.2. The molecular formula is C22H20ClF3IN3O4S. The van der Waals surface area contributed by atoms with Gasteiger partial charge < -0.3 is 14.5 Å². The zero-order valence-corrected chi connectivity index (χ0v) is 22.1. The molecule has 2 aromatic rings. The van der Waals surface area contributed by atoms with Crippen molar-refractivity contribution in [2.75, 3.05) is 41.8 Å². The van der Waals surface area contributed by atoms with E-state index < -0.39 is 32.5 Å². The summed E-state index contributed by atoms with van der Waals surface area (Å²) < 4.78 is 68.7. The number of sulfone groups is 1. The second kappa shape index (κ2) is 10.8. The summed E-state index contributed by atoms with van der Waals surface area (Å²) in [5, 5.41) is 9.81. The number of hydrogen-bond acceptors (Lipinski definition) is 6. The molecule has 0 saturated carbocycles. The number of halogens is 5. The van der Waals surface area contributed by atoms with Crippen molar-refractivity contribution in [1.29, 1.82) is 5.26 Å². The van der Waals surface area contributed by atoms with Crippen LogP contribution in [0.3, 0.4) is 0 Å². The van der Waals surface area contributed by atoms with Crippen molar-refractivity contribution < 1.29 is 31.1 Å². The minimum atomic E-state index is -4.67. The molecule has 1 amide bonds. The average molecular weight is 642 g/mol. The van der Waals surface area contributed by atoms with Gasteiger partial charge >= 0.3 is 6.18 Å². The van der Waals surface area contributed by atoms with Crippen molar-refractivity contribution in [2.24, 2.45) is 0 Å². The molecule has 7 nitrogen and oxygen atoms in total. The summed E-state index contributed by atoms with van der Waals surface area (Å²) in [5.74, 6) is -0.982. The lowest BCUT2D eigenvalue weighted by Crippen LogP contribution is -2.49. The van der Waals surface area contributed by atoms with Gasteiger partial charge in [0, 0.05) is 41.9 Å². The van der Waals surface area contributed by atoms with E-state index in [1.54, 1.807) is 18.2 Å². The second-order valence-corrected chi connectivity index (χ2v) is 11.1. The lowest BCUT2D eigenvalue weighted by atomic mass is 10.1. The molecule has 13 heteroatoms. The third-order valence-electron chi connectivity index (χ3n) is 5.37. The van der Waals surface area contributed by atoms with Gasteiger partial charge in [0.15, 0.2) is 9.84 Å². The van der Waals surface area contributed by atoms with Gasteiger partial charge in [-0.3, -0.25) is 4.79 Å². The quantitative estimate of drug-likeness (QED) is 0.345. The number of hydrogen-bond donors (Lipinski definition) is 0. The van der Waals surface area contributed by atoms with E-state index in [9.17, 15) is 31.6 Å². The Morgan fingerprint density at radius 1 is 1.20 bits per heavy atom.